The van der Waals surface area contributed by atoms with Gasteiger partial charge in [0.15, 0.2) is 0 Å². The van der Waals surface area contributed by atoms with Crippen LogP contribution in [0.25, 0.3) is 11.3 Å². The molecule has 2 rings (SSSR count). The maximum atomic E-state index is 14.0. The fourth-order valence-electron chi connectivity index (χ4n) is 2.14. The van der Waals surface area contributed by atoms with Crippen molar-refractivity contribution in [1.29, 1.82) is 0 Å². The zero-order valence-electron chi connectivity index (χ0n) is 14.3. The van der Waals surface area contributed by atoms with E-state index in [1.54, 1.807) is 29.0 Å². The highest BCUT2D eigenvalue weighted by molar-refractivity contribution is 7.80. The lowest BCUT2D eigenvalue weighted by atomic mass is 10.1. The molecule has 0 radical (unpaired) electrons. The third kappa shape index (κ3) is 3.51. The summed E-state index contributed by atoms with van der Waals surface area (Å²) in [6, 6.07) is 3.76. The maximum absolute atomic E-state index is 14.0. The second-order valence-electron chi connectivity index (χ2n) is 6.27. The molecular weight excluding hydrogens is 330 g/mol. The molecular formula is C17H20F2N4S. The highest BCUT2D eigenvalue weighted by Crippen LogP contribution is 2.29. The lowest BCUT2D eigenvalue weighted by Gasteiger charge is -2.24. The lowest BCUT2D eigenvalue weighted by molar-refractivity contribution is 0.441. The van der Waals surface area contributed by atoms with Crippen LogP contribution in [0, 0.1) is 18.6 Å². The van der Waals surface area contributed by atoms with Crippen molar-refractivity contribution in [3.63, 3.8) is 0 Å². The Morgan fingerprint density at radius 3 is 2.42 bits per heavy atom. The van der Waals surface area contributed by atoms with E-state index < -0.39 is 17.2 Å². The SMILES string of the molecule is Cc1cn(C(C)(C)C(=S)N=CN(C)C)nc1-c1c(F)cccc1F. The molecule has 2 aromatic rings. The molecule has 0 spiro atoms. The normalized spacial score (nSPS) is 12.0. The number of hydrogen-bond donors (Lipinski definition) is 0. The average molecular weight is 350 g/mol. The van der Waals surface area contributed by atoms with Crippen LogP contribution >= 0.6 is 12.2 Å². The fraction of sp³-hybridized carbons (Fsp3) is 0.353. The summed E-state index contributed by atoms with van der Waals surface area (Å²) < 4.78 is 29.7. The Bertz CT molecular complexity index is 774. The zero-order valence-corrected chi connectivity index (χ0v) is 15.2. The van der Waals surface area contributed by atoms with Crippen LogP contribution in [0.4, 0.5) is 8.78 Å². The van der Waals surface area contributed by atoms with E-state index in [2.05, 4.69) is 10.1 Å². The third-order valence-electron chi connectivity index (χ3n) is 3.60. The number of aryl methyl sites for hydroxylation is 1. The standard InChI is InChI=1S/C17H20F2N4S/c1-11-9-23(17(2,3)16(24)20-10-22(4)5)21-15(11)14-12(18)7-6-8-13(14)19/h6-10H,1-5H3. The van der Waals surface area contributed by atoms with Crippen LogP contribution in [0.15, 0.2) is 29.4 Å². The van der Waals surface area contributed by atoms with Crippen molar-refractivity contribution in [2.24, 2.45) is 4.99 Å². The van der Waals surface area contributed by atoms with E-state index in [9.17, 15) is 8.78 Å². The highest BCUT2D eigenvalue weighted by atomic mass is 32.1. The van der Waals surface area contributed by atoms with Crippen LogP contribution in [0.2, 0.25) is 0 Å². The van der Waals surface area contributed by atoms with Gasteiger partial charge in [-0.15, -0.1) is 0 Å². The zero-order chi connectivity index (χ0) is 18.1. The Morgan fingerprint density at radius 1 is 1.29 bits per heavy atom. The summed E-state index contributed by atoms with van der Waals surface area (Å²) in [6.45, 7) is 5.47. The molecule has 128 valence electrons. The molecule has 0 fully saturated rings. The summed E-state index contributed by atoms with van der Waals surface area (Å²) in [6.07, 6.45) is 3.33. The lowest BCUT2D eigenvalue weighted by Crippen LogP contribution is -2.34. The smallest absolute Gasteiger partial charge is 0.135 e. The maximum Gasteiger partial charge on any atom is 0.135 e. The first-order valence-corrected chi connectivity index (χ1v) is 7.81. The number of benzene rings is 1. The molecule has 0 N–H and O–H groups in total. The Morgan fingerprint density at radius 2 is 1.88 bits per heavy atom. The molecule has 0 saturated heterocycles. The molecule has 0 unspecified atom stereocenters. The number of aliphatic imine (C=N–C) groups is 1. The molecule has 0 saturated carbocycles. The van der Waals surface area contributed by atoms with Crippen molar-refractivity contribution in [2.75, 3.05) is 14.1 Å². The van der Waals surface area contributed by atoms with Crippen LogP contribution in [-0.4, -0.2) is 40.1 Å². The Hall–Kier alpha value is -2.15. The van der Waals surface area contributed by atoms with Gasteiger partial charge in [0, 0.05) is 20.3 Å². The predicted molar refractivity (Wildman–Crippen MR) is 96.4 cm³/mol. The molecule has 1 heterocycles. The van der Waals surface area contributed by atoms with Gasteiger partial charge in [-0.3, -0.25) is 4.68 Å². The van der Waals surface area contributed by atoms with Gasteiger partial charge in [0.1, 0.15) is 27.9 Å². The van der Waals surface area contributed by atoms with Crippen molar-refractivity contribution in [1.82, 2.24) is 14.7 Å². The summed E-state index contributed by atoms with van der Waals surface area (Å²) in [5.74, 6) is -1.29. The van der Waals surface area contributed by atoms with E-state index in [0.29, 0.717) is 10.6 Å². The van der Waals surface area contributed by atoms with Gasteiger partial charge in [0.05, 0.1) is 11.9 Å². The van der Waals surface area contributed by atoms with E-state index in [-0.39, 0.29) is 11.3 Å². The number of aromatic nitrogens is 2. The van der Waals surface area contributed by atoms with Crippen LogP contribution in [0.3, 0.4) is 0 Å². The molecule has 1 aromatic heterocycles. The number of rotatable bonds is 4. The van der Waals surface area contributed by atoms with Crippen molar-refractivity contribution in [3.8, 4) is 11.3 Å². The second-order valence-corrected chi connectivity index (χ2v) is 6.66. The third-order valence-corrected chi connectivity index (χ3v) is 4.20. The molecule has 0 aliphatic heterocycles. The van der Waals surface area contributed by atoms with Gasteiger partial charge in [-0.25, -0.2) is 13.8 Å². The number of halogens is 2. The van der Waals surface area contributed by atoms with Gasteiger partial charge in [-0.2, -0.15) is 5.10 Å². The van der Waals surface area contributed by atoms with Gasteiger partial charge < -0.3 is 4.90 Å². The first-order valence-electron chi connectivity index (χ1n) is 7.40. The van der Waals surface area contributed by atoms with Crippen LogP contribution in [-0.2, 0) is 5.54 Å². The van der Waals surface area contributed by atoms with Crippen molar-refractivity contribution >= 4 is 23.5 Å². The summed E-state index contributed by atoms with van der Waals surface area (Å²) >= 11 is 5.38. The summed E-state index contributed by atoms with van der Waals surface area (Å²) in [5, 5.41) is 4.38. The van der Waals surface area contributed by atoms with Gasteiger partial charge in [0.2, 0.25) is 0 Å². The predicted octanol–water partition coefficient (Wildman–Crippen LogP) is 3.79. The quantitative estimate of drug-likeness (QED) is 0.478. The largest absolute Gasteiger partial charge is 0.369 e. The summed E-state index contributed by atoms with van der Waals surface area (Å²) in [4.78, 5) is 6.43. The van der Waals surface area contributed by atoms with E-state index in [1.165, 1.54) is 18.2 Å². The molecule has 0 amide bonds. The Labute approximate surface area is 145 Å². The highest BCUT2D eigenvalue weighted by Gasteiger charge is 2.28. The summed E-state index contributed by atoms with van der Waals surface area (Å²) in [5.41, 5.74) is 0.0730. The van der Waals surface area contributed by atoms with Gasteiger partial charge in [-0.1, -0.05) is 18.3 Å². The van der Waals surface area contributed by atoms with Crippen molar-refractivity contribution < 1.29 is 8.78 Å². The van der Waals surface area contributed by atoms with Crippen LogP contribution in [0.1, 0.15) is 19.4 Å². The molecule has 0 atom stereocenters. The van der Waals surface area contributed by atoms with Gasteiger partial charge in [0.25, 0.3) is 0 Å². The topological polar surface area (TPSA) is 33.4 Å². The minimum atomic E-state index is -0.716. The van der Waals surface area contributed by atoms with Gasteiger partial charge >= 0.3 is 0 Å². The molecule has 7 heteroatoms. The molecule has 0 bridgehead atoms. The minimum absolute atomic E-state index is 0.132. The number of thiocarbonyl (C=S) groups is 1. The molecule has 24 heavy (non-hydrogen) atoms. The first kappa shape index (κ1) is 18.2. The average Bonchev–Trinajstić information content (AvgIpc) is 2.87. The van der Waals surface area contributed by atoms with Crippen molar-refractivity contribution in [2.45, 2.75) is 26.3 Å². The van der Waals surface area contributed by atoms with Crippen molar-refractivity contribution in [3.05, 3.63) is 41.6 Å². The van der Waals surface area contributed by atoms with Crippen LogP contribution in [0.5, 0.6) is 0 Å². The monoisotopic (exact) mass is 350 g/mol. The molecule has 0 aliphatic carbocycles. The minimum Gasteiger partial charge on any atom is -0.369 e. The molecule has 4 nitrogen and oxygen atoms in total. The molecule has 1 aromatic carbocycles. The first-order chi connectivity index (χ1) is 11.1. The number of hydrogen-bond acceptors (Lipinski definition) is 2. The van der Waals surface area contributed by atoms with E-state index in [0.717, 1.165) is 0 Å². The second kappa shape index (κ2) is 6.76. The van der Waals surface area contributed by atoms with E-state index in [4.69, 9.17) is 12.2 Å². The number of nitrogens with zero attached hydrogens (tertiary/aromatic N) is 4. The van der Waals surface area contributed by atoms with E-state index in [1.807, 2.05) is 27.9 Å². The Balaban J connectivity index is 2.47. The fourth-order valence-corrected chi connectivity index (χ4v) is 2.28. The van der Waals surface area contributed by atoms with Crippen LogP contribution < -0.4 is 0 Å². The van der Waals surface area contributed by atoms with Gasteiger partial charge in [-0.05, 0) is 38.5 Å². The Kier molecular flexibility index (Phi) is 5.13. The van der Waals surface area contributed by atoms with E-state index >= 15 is 0 Å². The summed E-state index contributed by atoms with van der Waals surface area (Å²) in [7, 11) is 3.69. The molecule has 0 aliphatic rings.